The first-order valence-corrected chi connectivity index (χ1v) is 16.9. The lowest BCUT2D eigenvalue weighted by Gasteiger charge is -2.16. The Labute approximate surface area is 284 Å². The molecule has 0 bridgehead atoms. The number of hydrogen-bond donors (Lipinski definition) is 0. The van der Waals surface area contributed by atoms with Gasteiger partial charge in [-0.3, -0.25) is 4.98 Å². The summed E-state index contributed by atoms with van der Waals surface area (Å²) >= 11 is 0. The number of hydrogen-bond acceptors (Lipinski definition) is 1. The third kappa shape index (κ3) is 4.51. The molecule has 1 aromatic heterocycles. The van der Waals surface area contributed by atoms with Crippen molar-refractivity contribution >= 4 is 64.8 Å². The average molecular weight is 622 g/mol. The van der Waals surface area contributed by atoms with Crippen LogP contribution in [0.3, 0.4) is 0 Å². The zero-order valence-electron chi connectivity index (χ0n) is 27.1. The van der Waals surface area contributed by atoms with Gasteiger partial charge in [0.15, 0.2) is 0 Å². The summed E-state index contributed by atoms with van der Waals surface area (Å²) in [5.74, 6) is 0. The summed E-state index contributed by atoms with van der Waals surface area (Å²) in [4.78, 5) is 4.48. The molecule has 0 aliphatic heterocycles. The molecule has 228 valence electrons. The fourth-order valence-electron chi connectivity index (χ4n) is 7.94. The van der Waals surface area contributed by atoms with Crippen LogP contribution >= 0.6 is 0 Å². The quantitative estimate of drug-likeness (QED) is 0.179. The van der Waals surface area contributed by atoms with Crippen LogP contribution in [0.1, 0.15) is 5.56 Å². The van der Waals surface area contributed by atoms with Gasteiger partial charge in [-0.05, 0) is 136 Å². The number of nitrogens with zero attached hydrogens (tertiary/aromatic N) is 1. The molecule has 0 amide bonds. The van der Waals surface area contributed by atoms with Crippen molar-refractivity contribution in [1.29, 1.82) is 0 Å². The summed E-state index contributed by atoms with van der Waals surface area (Å²) in [5.41, 5.74) is 9.77. The number of aryl methyl sites for hydroxylation is 1. The first kappa shape index (κ1) is 27.8. The van der Waals surface area contributed by atoms with Gasteiger partial charge in [-0.1, -0.05) is 127 Å². The van der Waals surface area contributed by atoms with E-state index in [2.05, 4.69) is 170 Å². The third-order valence-electron chi connectivity index (χ3n) is 10.4. The second-order valence-electron chi connectivity index (χ2n) is 13.2. The molecule has 1 nitrogen and oxygen atoms in total. The van der Waals surface area contributed by atoms with Gasteiger partial charge < -0.3 is 0 Å². The van der Waals surface area contributed by atoms with E-state index in [9.17, 15) is 0 Å². The molecule has 0 N–H and O–H groups in total. The van der Waals surface area contributed by atoms with E-state index in [4.69, 9.17) is 0 Å². The maximum absolute atomic E-state index is 4.48. The number of aromatic nitrogens is 1. The van der Waals surface area contributed by atoms with Gasteiger partial charge in [-0.15, -0.1) is 0 Å². The normalized spacial score (nSPS) is 11.8. The van der Waals surface area contributed by atoms with E-state index in [-0.39, 0.29) is 0 Å². The fraction of sp³-hybridized carbons (Fsp3) is 0.0208. The smallest absolute Gasteiger partial charge is 0.0702 e. The lowest BCUT2D eigenvalue weighted by atomic mass is 9.88. The summed E-state index contributed by atoms with van der Waals surface area (Å²) in [6.07, 6.45) is 1.85. The van der Waals surface area contributed by atoms with E-state index in [0.717, 1.165) is 10.9 Å². The van der Waals surface area contributed by atoms with Crippen molar-refractivity contribution in [3.63, 3.8) is 0 Å². The van der Waals surface area contributed by atoms with Gasteiger partial charge in [0.1, 0.15) is 0 Å². The molecule has 1 heterocycles. The van der Waals surface area contributed by atoms with Crippen LogP contribution in [0.25, 0.3) is 98.1 Å². The third-order valence-corrected chi connectivity index (χ3v) is 10.4. The van der Waals surface area contributed by atoms with Gasteiger partial charge in [-0.2, -0.15) is 0 Å². The van der Waals surface area contributed by atoms with Gasteiger partial charge >= 0.3 is 0 Å². The van der Waals surface area contributed by atoms with E-state index in [1.54, 1.807) is 0 Å². The monoisotopic (exact) mass is 621 g/mol. The molecule has 49 heavy (non-hydrogen) atoms. The van der Waals surface area contributed by atoms with Gasteiger partial charge in [0.05, 0.1) is 5.52 Å². The van der Waals surface area contributed by atoms with E-state index >= 15 is 0 Å². The Balaban J connectivity index is 1.09. The molecule has 0 saturated carbocycles. The number of rotatable bonds is 3. The Morgan fingerprint density at radius 3 is 1.55 bits per heavy atom. The van der Waals surface area contributed by atoms with E-state index in [0.29, 0.717) is 0 Å². The van der Waals surface area contributed by atoms with Gasteiger partial charge in [0, 0.05) is 11.6 Å². The molecule has 0 atom stereocenters. The van der Waals surface area contributed by atoms with Crippen LogP contribution in [0.5, 0.6) is 0 Å². The van der Waals surface area contributed by atoms with Crippen molar-refractivity contribution in [2.45, 2.75) is 6.92 Å². The van der Waals surface area contributed by atoms with Crippen molar-refractivity contribution < 1.29 is 0 Å². The molecule has 0 radical (unpaired) electrons. The summed E-state index contributed by atoms with van der Waals surface area (Å²) in [6, 6.07) is 60.4. The molecule has 0 unspecified atom stereocenters. The fourth-order valence-corrected chi connectivity index (χ4v) is 7.94. The van der Waals surface area contributed by atoms with Crippen LogP contribution in [0, 0.1) is 6.92 Å². The van der Waals surface area contributed by atoms with Crippen LogP contribution in [0.2, 0.25) is 0 Å². The van der Waals surface area contributed by atoms with Gasteiger partial charge in [-0.25, -0.2) is 0 Å². The van der Waals surface area contributed by atoms with Crippen molar-refractivity contribution in [1.82, 2.24) is 4.98 Å². The van der Waals surface area contributed by atoms with Gasteiger partial charge in [0.25, 0.3) is 0 Å². The molecule has 9 aromatic carbocycles. The average Bonchev–Trinajstić information content (AvgIpc) is 3.16. The van der Waals surface area contributed by atoms with Crippen LogP contribution in [-0.4, -0.2) is 4.98 Å². The standard InChI is InChI=1S/C48H31N/c1-30-6-2-7-31-13-14-33-9-4-12-44(48(33)46(30)31)43-11-3-8-32-15-20-40-28-38(21-23-42(40)47(32)43)36-18-16-35-27-37(19-17-34(35)26-36)39-22-24-45-41(29-39)10-5-25-49-45/h2-29H,1H3. The second-order valence-corrected chi connectivity index (χ2v) is 13.2. The summed E-state index contributed by atoms with van der Waals surface area (Å²) < 4.78 is 0. The number of pyridine rings is 1. The largest absolute Gasteiger partial charge is 0.256 e. The Hall–Kier alpha value is -6.31. The van der Waals surface area contributed by atoms with Crippen LogP contribution < -0.4 is 0 Å². The molecule has 0 fully saturated rings. The molecule has 0 aliphatic carbocycles. The van der Waals surface area contributed by atoms with Crippen molar-refractivity contribution in [3.8, 4) is 33.4 Å². The molecule has 10 aromatic rings. The Morgan fingerprint density at radius 1 is 0.347 bits per heavy atom. The highest BCUT2D eigenvalue weighted by Gasteiger charge is 2.14. The molecule has 1 heteroatoms. The molecular weight excluding hydrogens is 591 g/mol. The maximum atomic E-state index is 4.48. The van der Waals surface area contributed by atoms with Gasteiger partial charge in [0.2, 0.25) is 0 Å². The highest BCUT2D eigenvalue weighted by atomic mass is 14.6. The van der Waals surface area contributed by atoms with Crippen molar-refractivity contribution in [2.75, 3.05) is 0 Å². The highest BCUT2D eigenvalue weighted by molar-refractivity contribution is 6.21. The van der Waals surface area contributed by atoms with E-state index < -0.39 is 0 Å². The second kappa shape index (κ2) is 10.9. The molecule has 0 saturated heterocycles. The molecule has 0 spiro atoms. The SMILES string of the molecule is Cc1cccc2ccc3cccc(-c4cccc5ccc6cc(-c7ccc8cc(-c9ccc%10ncccc%10c9)ccc8c7)ccc6c45)c3c12. The zero-order chi connectivity index (χ0) is 32.5. The minimum atomic E-state index is 1.02. The maximum Gasteiger partial charge on any atom is 0.0702 e. The lowest BCUT2D eigenvalue weighted by molar-refractivity contribution is 1.41. The van der Waals surface area contributed by atoms with E-state index in [1.165, 1.54) is 92.8 Å². The molecular formula is C48H31N. The first-order valence-electron chi connectivity index (χ1n) is 16.9. The topological polar surface area (TPSA) is 12.9 Å². The molecule has 10 rings (SSSR count). The van der Waals surface area contributed by atoms with E-state index in [1.807, 2.05) is 12.3 Å². The van der Waals surface area contributed by atoms with Crippen LogP contribution in [0.15, 0.2) is 170 Å². The zero-order valence-corrected chi connectivity index (χ0v) is 27.1. The first-order chi connectivity index (χ1) is 24.2. The summed E-state index contributed by atoms with van der Waals surface area (Å²) in [7, 11) is 0. The van der Waals surface area contributed by atoms with Crippen LogP contribution in [-0.2, 0) is 0 Å². The minimum absolute atomic E-state index is 1.02. The predicted octanol–water partition coefficient (Wildman–Crippen LogP) is 13.3. The predicted molar refractivity (Wildman–Crippen MR) is 210 cm³/mol. The summed E-state index contributed by atoms with van der Waals surface area (Å²) in [6.45, 7) is 2.23. The summed E-state index contributed by atoms with van der Waals surface area (Å²) in [5, 5.41) is 14.0. The lowest BCUT2D eigenvalue weighted by Crippen LogP contribution is -1.89. The Bertz CT molecular complexity index is 2950. The van der Waals surface area contributed by atoms with Crippen molar-refractivity contribution in [3.05, 3.63) is 176 Å². The Kier molecular flexibility index (Phi) is 6.16. The minimum Gasteiger partial charge on any atom is -0.256 e. The highest BCUT2D eigenvalue weighted by Crippen LogP contribution is 2.41. The van der Waals surface area contributed by atoms with Crippen LogP contribution in [0.4, 0.5) is 0 Å². The molecule has 0 aliphatic rings. The number of fused-ring (bicyclic) bond motifs is 8. The number of benzene rings is 9. The van der Waals surface area contributed by atoms with Crippen molar-refractivity contribution in [2.24, 2.45) is 0 Å². The Morgan fingerprint density at radius 2 is 0.837 bits per heavy atom.